The van der Waals surface area contributed by atoms with Gasteiger partial charge in [-0.2, -0.15) is 0 Å². The summed E-state index contributed by atoms with van der Waals surface area (Å²) >= 11 is 6.81. The third-order valence-electron chi connectivity index (χ3n) is 11.6. The molecule has 12 heteroatoms. The summed E-state index contributed by atoms with van der Waals surface area (Å²) in [6.45, 7) is 7.19. The van der Waals surface area contributed by atoms with Crippen LogP contribution in [0.4, 0.5) is 0 Å². The van der Waals surface area contributed by atoms with E-state index < -0.39 is 5.60 Å². The molecule has 2 N–H and O–H groups in total. The minimum Gasteiger partial charge on any atom is -0.493 e. The number of halogens is 1. The molecule has 7 rings (SSSR count). The Morgan fingerprint density at radius 3 is 2.50 bits per heavy atom. The number of ether oxygens (including phenoxy) is 1. The Bertz CT molecular complexity index is 2340. The van der Waals surface area contributed by atoms with E-state index in [0.717, 1.165) is 58.6 Å². The number of aromatic nitrogens is 3. The molecule has 2 aromatic heterocycles. The number of carbonyl (C=O) groups is 2. The maximum absolute atomic E-state index is 14.1. The van der Waals surface area contributed by atoms with E-state index in [1.54, 1.807) is 24.3 Å². The van der Waals surface area contributed by atoms with Gasteiger partial charge in [0.2, 0.25) is 5.91 Å². The van der Waals surface area contributed by atoms with Crippen LogP contribution in [-0.4, -0.2) is 93.7 Å². The summed E-state index contributed by atoms with van der Waals surface area (Å²) in [4.78, 5) is 54.2. The molecule has 0 spiro atoms. The van der Waals surface area contributed by atoms with E-state index in [-0.39, 0.29) is 35.3 Å². The van der Waals surface area contributed by atoms with Crippen molar-refractivity contribution in [2.75, 3.05) is 46.9 Å². The van der Waals surface area contributed by atoms with E-state index in [0.29, 0.717) is 80.6 Å². The van der Waals surface area contributed by atoms with Crippen molar-refractivity contribution in [1.29, 1.82) is 0 Å². The summed E-state index contributed by atoms with van der Waals surface area (Å²) in [5.41, 5.74) is 3.72. The highest BCUT2D eigenvalue weighted by Gasteiger charge is 2.37. The fourth-order valence-corrected chi connectivity index (χ4v) is 8.76. The van der Waals surface area contributed by atoms with Crippen molar-refractivity contribution in [3.8, 4) is 5.75 Å². The molecular formula is C46H55ClN6O5. The van der Waals surface area contributed by atoms with E-state index in [4.69, 9.17) is 21.3 Å². The second kappa shape index (κ2) is 17.6. The normalized spacial score (nSPS) is 16.4. The fourth-order valence-electron chi connectivity index (χ4n) is 8.43. The number of hydrogen-bond acceptors (Lipinski definition) is 8. The number of aliphatic hydroxyl groups is 1. The molecule has 0 radical (unpaired) electrons. The van der Waals surface area contributed by atoms with Crippen molar-refractivity contribution in [2.24, 2.45) is 11.3 Å². The van der Waals surface area contributed by atoms with E-state index in [2.05, 4.69) is 29.0 Å². The molecule has 0 unspecified atom stereocenters. The molecule has 1 aliphatic heterocycles. The summed E-state index contributed by atoms with van der Waals surface area (Å²) in [7, 11) is 4.04. The van der Waals surface area contributed by atoms with Gasteiger partial charge in [0.1, 0.15) is 5.75 Å². The Labute approximate surface area is 345 Å². The molecular weight excluding hydrogens is 752 g/mol. The first-order chi connectivity index (χ1) is 27.8. The lowest BCUT2D eigenvalue weighted by Crippen LogP contribution is -2.51. The Hall–Kier alpha value is -4.84. The number of pyridine rings is 1. The van der Waals surface area contributed by atoms with E-state index in [9.17, 15) is 19.5 Å². The van der Waals surface area contributed by atoms with Crippen LogP contribution in [0.5, 0.6) is 5.75 Å². The highest BCUT2D eigenvalue weighted by molar-refractivity contribution is 6.36. The Kier molecular flexibility index (Phi) is 12.5. The summed E-state index contributed by atoms with van der Waals surface area (Å²) in [5.74, 6) is 0.221. The molecule has 3 aromatic carbocycles. The Morgan fingerprint density at radius 1 is 0.983 bits per heavy atom. The molecule has 5 aromatic rings. The summed E-state index contributed by atoms with van der Waals surface area (Å²) < 4.78 is 7.34. The predicted molar refractivity (Wildman–Crippen MR) is 229 cm³/mol. The van der Waals surface area contributed by atoms with Gasteiger partial charge in [0.25, 0.3) is 11.5 Å². The number of nitrogens with one attached hydrogen (secondary N) is 1. The van der Waals surface area contributed by atoms with Gasteiger partial charge in [-0.1, -0.05) is 61.8 Å². The molecule has 306 valence electrons. The molecule has 3 heterocycles. The lowest BCUT2D eigenvalue weighted by Gasteiger charge is -2.39. The molecule has 0 saturated carbocycles. The topological polar surface area (TPSA) is 130 Å². The van der Waals surface area contributed by atoms with Crippen molar-refractivity contribution in [3.63, 3.8) is 0 Å². The number of piperidine rings is 1. The van der Waals surface area contributed by atoms with Crippen molar-refractivity contribution in [3.05, 3.63) is 111 Å². The van der Waals surface area contributed by atoms with Crippen LogP contribution in [0.3, 0.4) is 0 Å². The first-order valence-corrected chi connectivity index (χ1v) is 20.9. The summed E-state index contributed by atoms with van der Waals surface area (Å²) in [6, 6.07) is 20.8. The zero-order chi connectivity index (χ0) is 41.0. The van der Waals surface area contributed by atoms with Gasteiger partial charge in [-0.3, -0.25) is 23.9 Å². The van der Waals surface area contributed by atoms with Crippen molar-refractivity contribution >= 4 is 45.2 Å². The van der Waals surface area contributed by atoms with Crippen LogP contribution in [0.1, 0.15) is 73.1 Å². The Balaban J connectivity index is 0.943. The smallest absolute Gasteiger partial charge is 0.261 e. The van der Waals surface area contributed by atoms with Gasteiger partial charge in [0, 0.05) is 54.8 Å². The largest absolute Gasteiger partial charge is 0.493 e. The van der Waals surface area contributed by atoms with Gasteiger partial charge in [-0.15, -0.1) is 0 Å². The molecule has 11 nitrogen and oxygen atoms in total. The molecule has 0 bridgehead atoms. The van der Waals surface area contributed by atoms with Crippen LogP contribution >= 0.6 is 11.6 Å². The summed E-state index contributed by atoms with van der Waals surface area (Å²) in [6.07, 6.45) is 6.58. The lowest BCUT2D eigenvalue weighted by atomic mass is 9.88. The predicted octanol–water partition coefficient (Wildman–Crippen LogP) is 6.48. The Morgan fingerprint density at radius 2 is 1.74 bits per heavy atom. The van der Waals surface area contributed by atoms with Crippen molar-refractivity contribution in [1.82, 2.24) is 29.7 Å². The highest BCUT2D eigenvalue weighted by Crippen LogP contribution is 2.41. The average Bonchev–Trinajstić information content (AvgIpc) is 3.52. The number of amides is 2. The minimum absolute atomic E-state index is 0.0368. The van der Waals surface area contributed by atoms with Gasteiger partial charge < -0.3 is 25.0 Å². The van der Waals surface area contributed by atoms with Gasteiger partial charge in [-0.25, -0.2) is 4.98 Å². The molecule has 1 aliphatic carbocycles. The number of rotatable bonds is 15. The molecule has 2 amide bonds. The second-order valence-electron chi connectivity index (χ2n) is 17.3. The number of likely N-dealkylation sites (tertiary alicyclic amines) is 1. The van der Waals surface area contributed by atoms with Gasteiger partial charge in [0.15, 0.2) is 0 Å². The third kappa shape index (κ3) is 9.71. The monoisotopic (exact) mass is 806 g/mol. The molecule has 1 atom stereocenters. The number of fused-ring (bicyclic) bond motifs is 3. The number of nitrogens with zero attached hydrogens (tertiary/aromatic N) is 5. The van der Waals surface area contributed by atoms with Gasteiger partial charge in [-0.05, 0) is 106 Å². The average molecular weight is 807 g/mol. The number of carbonyl (C=O) groups excluding carboxylic acids is 2. The van der Waals surface area contributed by atoms with Gasteiger partial charge >= 0.3 is 0 Å². The van der Waals surface area contributed by atoms with Crippen LogP contribution < -0.4 is 15.6 Å². The van der Waals surface area contributed by atoms with E-state index in [1.165, 1.54) is 10.9 Å². The first kappa shape index (κ1) is 41.3. The SMILES string of the molecule is CN(C)CCCOc1ccc2c(=O)n(CC3(O)CCN(C(=O)[C@H](CCCNC(=O)c4ccc5c(Cl)c6c(nc5c4)CC(C)(C)C6)Cc4ccccc4)CC3)cnc2c1. The van der Waals surface area contributed by atoms with Crippen LogP contribution in [0, 0.1) is 11.3 Å². The molecule has 1 saturated heterocycles. The number of hydrogen-bond donors (Lipinski definition) is 2. The van der Waals surface area contributed by atoms with Crippen LogP contribution in [0.2, 0.25) is 5.02 Å². The summed E-state index contributed by atoms with van der Waals surface area (Å²) in [5, 5.41) is 16.8. The zero-order valence-corrected chi connectivity index (χ0v) is 34.9. The lowest BCUT2D eigenvalue weighted by molar-refractivity contribution is -0.140. The van der Waals surface area contributed by atoms with Crippen molar-refractivity contribution in [2.45, 2.75) is 77.4 Å². The maximum atomic E-state index is 14.1. The van der Waals surface area contributed by atoms with Crippen LogP contribution in [0.25, 0.3) is 21.8 Å². The van der Waals surface area contributed by atoms with Crippen molar-refractivity contribution < 1.29 is 19.4 Å². The van der Waals surface area contributed by atoms with Gasteiger partial charge in [0.05, 0.1) is 46.5 Å². The van der Waals surface area contributed by atoms with E-state index in [1.807, 2.05) is 61.5 Å². The molecule has 1 fully saturated rings. The highest BCUT2D eigenvalue weighted by atomic mass is 35.5. The quantitative estimate of drug-likeness (QED) is 0.115. The fraction of sp³-hybridized carbons (Fsp3) is 0.457. The third-order valence-corrected chi connectivity index (χ3v) is 12.1. The maximum Gasteiger partial charge on any atom is 0.261 e. The zero-order valence-electron chi connectivity index (χ0n) is 34.1. The number of benzene rings is 3. The first-order valence-electron chi connectivity index (χ1n) is 20.5. The second-order valence-corrected chi connectivity index (χ2v) is 17.7. The minimum atomic E-state index is -1.16. The van der Waals surface area contributed by atoms with Crippen LogP contribution in [-0.2, 0) is 30.6 Å². The van der Waals surface area contributed by atoms with E-state index >= 15 is 0 Å². The van der Waals surface area contributed by atoms with Crippen LogP contribution in [0.15, 0.2) is 77.9 Å². The molecule has 58 heavy (non-hydrogen) atoms. The standard InChI is InChI=1S/C46H55ClN6O5/c1-45(2)27-37-40(28-45)50-39-25-32(13-15-35(39)41(37)47)42(54)48-19-8-12-33(24-31-10-6-5-7-11-31)43(55)52-21-17-46(57,18-22-52)29-53-30-49-38-26-34(14-16-36(38)44(53)56)58-23-9-20-51(3)4/h5-7,10-11,13-16,25-26,30,33,57H,8-9,12,17-24,27-29H2,1-4H3,(H,48,54)/t33-/m1/s1. The molecule has 2 aliphatic rings.